The zero-order chi connectivity index (χ0) is 15.2. The topological polar surface area (TPSA) is 50.1 Å². The van der Waals surface area contributed by atoms with Crippen molar-refractivity contribution in [2.75, 3.05) is 6.61 Å². The summed E-state index contributed by atoms with van der Waals surface area (Å²) in [4.78, 5) is 12.3. The van der Waals surface area contributed by atoms with E-state index < -0.39 is 0 Å². The maximum absolute atomic E-state index is 12.3. The molecule has 0 amide bonds. The van der Waals surface area contributed by atoms with Gasteiger partial charge in [0.15, 0.2) is 5.78 Å². The van der Waals surface area contributed by atoms with Gasteiger partial charge in [-0.15, -0.1) is 0 Å². The van der Waals surface area contributed by atoms with Crippen LogP contribution in [0.4, 0.5) is 0 Å². The summed E-state index contributed by atoms with van der Waals surface area (Å²) >= 11 is 0. The van der Waals surface area contributed by atoms with Gasteiger partial charge in [-0.3, -0.25) is 4.79 Å². The van der Waals surface area contributed by atoms with Crippen LogP contribution in [0.15, 0.2) is 23.8 Å². The fourth-order valence-electron chi connectivity index (χ4n) is 3.09. The normalized spacial score (nSPS) is 21.6. The van der Waals surface area contributed by atoms with Crippen LogP contribution in [0.25, 0.3) is 5.57 Å². The van der Waals surface area contributed by atoms with Gasteiger partial charge in [0.05, 0.1) is 24.3 Å². The van der Waals surface area contributed by atoms with Gasteiger partial charge in [-0.1, -0.05) is 26.3 Å². The van der Waals surface area contributed by atoms with Crippen LogP contribution < -0.4 is 0 Å². The Morgan fingerprint density at radius 3 is 2.71 bits per heavy atom. The minimum Gasteiger partial charge on any atom is -0.373 e. The van der Waals surface area contributed by atoms with E-state index in [0.717, 1.165) is 23.1 Å². The van der Waals surface area contributed by atoms with E-state index >= 15 is 0 Å². The highest BCUT2D eigenvalue weighted by molar-refractivity contribution is 6.06. The SMILES string of the molecule is CC(C)(C)C1CC2=C(CO1)c1cc(C#N)ccc1C(=O)C2. The third-order valence-corrected chi connectivity index (χ3v) is 4.40. The van der Waals surface area contributed by atoms with E-state index in [-0.39, 0.29) is 17.3 Å². The highest BCUT2D eigenvalue weighted by Gasteiger charge is 2.35. The van der Waals surface area contributed by atoms with Crippen LogP contribution >= 0.6 is 0 Å². The summed E-state index contributed by atoms with van der Waals surface area (Å²) in [6.45, 7) is 7.02. The Morgan fingerprint density at radius 2 is 2.05 bits per heavy atom. The van der Waals surface area contributed by atoms with Crippen LogP contribution in [-0.2, 0) is 4.74 Å². The van der Waals surface area contributed by atoms with Gasteiger partial charge in [0.2, 0.25) is 0 Å². The lowest BCUT2D eigenvalue weighted by molar-refractivity contribution is -0.00748. The first kappa shape index (κ1) is 14.0. The van der Waals surface area contributed by atoms with Gasteiger partial charge in [0.25, 0.3) is 0 Å². The Balaban J connectivity index is 2.05. The third kappa shape index (κ3) is 2.41. The molecule has 1 aromatic rings. The van der Waals surface area contributed by atoms with Crippen molar-refractivity contribution >= 4 is 11.4 Å². The molecule has 1 unspecified atom stereocenters. The first-order chi connectivity index (χ1) is 9.90. The quantitative estimate of drug-likeness (QED) is 0.728. The molecule has 1 aliphatic heterocycles. The Bertz CT molecular complexity index is 686. The molecule has 1 aliphatic carbocycles. The largest absolute Gasteiger partial charge is 0.373 e. The van der Waals surface area contributed by atoms with E-state index in [2.05, 4.69) is 26.8 Å². The number of fused-ring (bicyclic) bond motifs is 2. The summed E-state index contributed by atoms with van der Waals surface area (Å²) in [5, 5.41) is 9.07. The molecule has 1 heterocycles. The van der Waals surface area contributed by atoms with Gasteiger partial charge < -0.3 is 4.74 Å². The number of hydrogen-bond donors (Lipinski definition) is 0. The number of ether oxygens (including phenoxy) is 1. The summed E-state index contributed by atoms with van der Waals surface area (Å²) < 4.78 is 6.03. The number of nitrogens with zero attached hydrogens (tertiary/aromatic N) is 1. The number of rotatable bonds is 0. The van der Waals surface area contributed by atoms with Gasteiger partial charge >= 0.3 is 0 Å². The predicted octanol–water partition coefficient (Wildman–Crippen LogP) is 3.73. The van der Waals surface area contributed by atoms with Gasteiger partial charge in [-0.05, 0) is 41.2 Å². The minimum atomic E-state index is 0.0658. The smallest absolute Gasteiger partial charge is 0.167 e. The third-order valence-electron chi connectivity index (χ3n) is 4.40. The lowest BCUT2D eigenvalue weighted by atomic mass is 9.76. The van der Waals surface area contributed by atoms with Crippen molar-refractivity contribution in [1.29, 1.82) is 5.26 Å². The molecule has 0 saturated heterocycles. The summed E-state index contributed by atoms with van der Waals surface area (Å²) in [5.74, 6) is 0.155. The fourth-order valence-corrected chi connectivity index (χ4v) is 3.09. The van der Waals surface area contributed by atoms with E-state index in [1.165, 1.54) is 5.57 Å². The second-order valence-electron chi connectivity index (χ2n) is 6.92. The fraction of sp³-hybridized carbons (Fsp3) is 0.444. The molecule has 1 atom stereocenters. The van der Waals surface area contributed by atoms with Crippen molar-refractivity contribution in [2.24, 2.45) is 5.41 Å². The van der Waals surface area contributed by atoms with E-state index in [1.54, 1.807) is 12.1 Å². The zero-order valence-corrected chi connectivity index (χ0v) is 12.7. The maximum Gasteiger partial charge on any atom is 0.167 e. The summed E-state index contributed by atoms with van der Waals surface area (Å²) in [7, 11) is 0. The van der Waals surface area contributed by atoms with E-state index in [0.29, 0.717) is 18.6 Å². The lowest BCUT2D eigenvalue weighted by Gasteiger charge is -2.38. The lowest BCUT2D eigenvalue weighted by Crippen LogP contribution is -2.35. The first-order valence-electron chi connectivity index (χ1n) is 7.30. The zero-order valence-electron chi connectivity index (χ0n) is 12.7. The van der Waals surface area contributed by atoms with Crippen LogP contribution in [0, 0.1) is 16.7 Å². The van der Waals surface area contributed by atoms with Crippen molar-refractivity contribution in [3.05, 3.63) is 40.5 Å². The summed E-state index contributed by atoms with van der Waals surface area (Å²) in [6.07, 6.45) is 1.44. The molecule has 0 N–H and O–H groups in total. The molecule has 3 rings (SSSR count). The summed E-state index contributed by atoms with van der Waals surface area (Å²) in [6, 6.07) is 7.45. The Hall–Kier alpha value is -1.92. The molecular weight excluding hydrogens is 262 g/mol. The number of Topliss-reactive ketones (excluding diaryl/α,β-unsaturated/α-hetero) is 1. The van der Waals surface area contributed by atoms with Crippen LogP contribution in [-0.4, -0.2) is 18.5 Å². The highest BCUT2D eigenvalue weighted by atomic mass is 16.5. The second kappa shape index (κ2) is 4.82. The predicted molar refractivity (Wildman–Crippen MR) is 80.8 cm³/mol. The van der Waals surface area contributed by atoms with Crippen molar-refractivity contribution in [1.82, 2.24) is 0 Å². The van der Waals surface area contributed by atoms with Crippen LogP contribution in [0.5, 0.6) is 0 Å². The molecule has 0 saturated carbocycles. The minimum absolute atomic E-state index is 0.0658. The monoisotopic (exact) mass is 281 g/mol. The number of carbonyl (C=O) groups excluding carboxylic acids is 1. The molecule has 3 nitrogen and oxygen atoms in total. The number of benzene rings is 1. The molecule has 2 aliphatic rings. The number of nitriles is 1. The van der Waals surface area contributed by atoms with Gasteiger partial charge in [-0.2, -0.15) is 5.26 Å². The van der Waals surface area contributed by atoms with E-state index in [1.807, 2.05) is 6.07 Å². The van der Waals surface area contributed by atoms with Gasteiger partial charge in [-0.25, -0.2) is 0 Å². The molecule has 1 aromatic carbocycles. The molecule has 0 spiro atoms. The number of carbonyl (C=O) groups is 1. The first-order valence-corrected chi connectivity index (χ1v) is 7.30. The maximum atomic E-state index is 12.3. The van der Waals surface area contributed by atoms with Crippen molar-refractivity contribution in [3.8, 4) is 6.07 Å². The molecule has 0 fully saturated rings. The molecule has 0 bridgehead atoms. The average molecular weight is 281 g/mol. The molecular formula is C18H19NO2. The Morgan fingerprint density at radius 1 is 1.29 bits per heavy atom. The van der Waals surface area contributed by atoms with Gasteiger partial charge in [0, 0.05) is 12.0 Å². The van der Waals surface area contributed by atoms with Crippen LogP contribution in [0.1, 0.15) is 55.1 Å². The van der Waals surface area contributed by atoms with Crippen molar-refractivity contribution in [3.63, 3.8) is 0 Å². The number of ketones is 1. The molecule has 0 aromatic heterocycles. The Kier molecular flexibility index (Phi) is 3.22. The molecule has 3 heteroatoms. The van der Waals surface area contributed by atoms with E-state index in [4.69, 9.17) is 10.00 Å². The van der Waals surface area contributed by atoms with Crippen LogP contribution in [0.3, 0.4) is 0 Å². The van der Waals surface area contributed by atoms with Crippen molar-refractivity contribution in [2.45, 2.75) is 39.7 Å². The average Bonchev–Trinajstić information content (AvgIpc) is 2.45. The molecule has 21 heavy (non-hydrogen) atoms. The van der Waals surface area contributed by atoms with Crippen LogP contribution in [0.2, 0.25) is 0 Å². The number of hydrogen-bond acceptors (Lipinski definition) is 3. The molecule has 0 radical (unpaired) electrons. The van der Waals surface area contributed by atoms with E-state index in [9.17, 15) is 4.79 Å². The highest BCUT2D eigenvalue weighted by Crippen LogP contribution is 2.41. The van der Waals surface area contributed by atoms with Crippen molar-refractivity contribution < 1.29 is 9.53 Å². The summed E-state index contributed by atoms with van der Waals surface area (Å²) in [5.41, 5.74) is 4.58. The second-order valence-corrected chi connectivity index (χ2v) is 6.92. The Labute approximate surface area is 125 Å². The van der Waals surface area contributed by atoms with Gasteiger partial charge in [0.1, 0.15) is 0 Å². The molecule has 108 valence electrons. The standard InChI is InChI=1S/C18H19NO2/c1-18(2,3)17-8-12-7-16(20)13-5-4-11(9-19)6-14(13)15(12)10-21-17/h4-6,17H,7-8,10H2,1-3H3.